The number of hydrogen-bond donors (Lipinski definition) is 2. The summed E-state index contributed by atoms with van der Waals surface area (Å²) >= 11 is 7.28. The Morgan fingerprint density at radius 3 is 2.72 bits per heavy atom. The van der Waals surface area contributed by atoms with E-state index in [-0.39, 0.29) is 24.1 Å². The zero-order valence-electron chi connectivity index (χ0n) is 22.1. The molecule has 4 rings (SSSR count). The number of furan rings is 1. The maximum Gasteiger partial charge on any atom is 0.257 e. The molecule has 0 aliphatic carbocycles. The van der Waals surface area contributed by atoms with Gasteiger partial charge >= 0.3 is 0 Å². The number of benzene rings is 1. The number of likely N-dealkylation sites (N-methyl/N-ethyl adjacent to an activating group) is 1. The number of pyridine rings is 1. The molecular weight excluding hydrogens is 542 g/mol. The molecule has 0 radical (unpaired) electrons. The van der Waals surface area contributed by atoms with Crippen molar-refractivity contribution in [1.29, 1.82) is 0 Å². The molecule has 1 atom stereocenters. The van der Waals surface area contributed by atoms with Crippen molar-refractivity contribution in [3.63, 3.8) is 0 Å². The van der Waals surface area contributed by atoms with Crippen LogP contribution in [0.5, 0.6) is 0 Å². The second-order valence-corrected chi connectivity index (χ2v) is 10.8. The van der Waals surface area contributed by atoms with Gasteiger partial charge in [-0.1, -0.05) is 23.7 Å². The van der Waals surface area contributed by atoms with E-state index in [2.05, 4.69) is 5.32 Å². The molecule has 11 heteroatoms. The Labute approximate surface area is 235 Å². The molecule has 3 aromatic heterocycles. The molecular formula is C28H32ClN3O6S. The smallest absolute Gasteiger partial charge is 0.257 e. The Bertz CT molecular complexity index is 1450. The average molecular weight is 574 g/mol. The fourth-order valence-electron chi connectivity index (χ4n) is 4.28. The van der Waals surface area contributed by atoms with Gasteiger partial charge in [0.25, 0.3) is 5.91 Å². The maximum atomic E-state index is 13.5. The molecule has 0 bridgehead atoms. The number of nitrogens with zero attached hydrogens (tertiary/aromatic N) is 2. The summed E-state index contributed by atoms with van der Waals surface area (Å²) < 4.78 is 18.6. The van der Waals surface area contributed by atoms with E-state index < -0.39 is 12.0 Å². The summed E-state index contributed by atoms with van der Waals surface area (Å²) in [7, 11) is 5.31. The Morgan fingerprint density at radius 2 is 2.03 bits per heavy atom. The van der Waals surface area contributed by atoms with Crippen molar-refractivity contribution in [1.82, 2.24) is 14.8 Å². The molecule has 0 spiro atoms. The Hall–Kier alpha value is -2.99. The van der Waals surface area contributed by atoms with E-state index in [1.54, 1.807) is 42.1 Å². The maximum absolute atomic E-state index is 13.5. The number of methoxy groups -OCH3 is 1. The number of fused-ring (bicyclic) bond motifs is 1. The number of carbonyl (C=O) groups excluding carboxylic acids is 1. The van der Waals surface area contributed by atoms with E-state index >= 15 is 0 Å². The highest BCUT2D eigenvalue weighted by Crippen LogP contribution is 2.31. The van der Waals surface area contributed by atoms with Crippen molar-refractivity contribution in [2.45, 2.75) is 25.8 Å². The number of hydrogen-bond acceptors (Lipinski definition) is 8. The van der Waals surface area contributed by atoms with Crippen LogP contribution in [-0.2, 0) is 36.2 Å². The quantitative estimate of drug-likeness (QED) is 0.232. The second kappa shape index (κ2) is 13.4. The highest BCUT2D eigenvalue weighted by molar-refractivity contribution is 7.19. The molecule has 0 saturated carbocycles. The number of thiophene rings is 1. The van der Waals surface area contributed by atoms with Crippen LogP contribution in [0.4, 0.5) is 0 Å². The molecule has 0 unspecified atom stereocenters. The number of ether oxygens (including phenoxy) is 2. The van der Waals surface area contributed by atoms with E-state index in [1.165, 1.54) is 17.6 Å². The molecule has 0 fully saturated rings. The first-order valence-corrected chi connectivity index (χ1v) is 13.6. The standard InChI is InChI=1S/C28H32ClN3O6S/c1-31(15-22(33)23-5-4-10-38-23)16-24-21(17-37-12-11-36-3)25-27(39-24)26(34)20(14-32(25)2)28(35)30-13-18-6-8-19(29)9-7-18/h4-10,14,22,33H,11-13,15-17H2,1-3H3,(H,30,35)/t22-/m1/s1. The Morgan fingerprint density at radius 1 is 1.26 bits per heavy atom. The summed E-state index contributed by atoms with van der Waals surface area (Å²) in [5, 5.41) is 14.0. The third-order valence-electron chi connectivity index (χ3n) is 6.25. The van der Waals surface area contributed by atoms with E-state index in [0.29, 0.717) is 41.8 Å². The number of aryl methyl sites for hydroxylation is 1. The molecule has 39 heavy (non-hydrogen) atoms. The molecule has 0 aliphatic rings. The van der Waals surface area contributed by atoms with Gasteiger partial charge in [0.15, 0.2) is 0 Å². The van der Waals surface area contributed by atoms with Crippen LogP contribution in [0.15, 0.2) is 58.1 Å². The number of amides is 1. The zero-order valence-corrected chi connectivity index (χ0v) is 23.7. The minimum absolute atomic E-state index is 0.0696. The van der Waals surface area contributed by atoms with E-state index in [4.69, 9.17) is 25.5 Å². The largest absolute Gasteiger partial charge is 0.467 e. The Balaban J connectivity index is 1.60. The fraction of sp³-hybridized carbons (Fsp3) is 0.357. The highest BCUT2D eigenvalue weighted by atomic mass is 35.5. The molecule has 0 saturated heterocycles. The van der Waals surface area contributed by atoms with Crippen LogP contribution in [0.1, 0.15) is 38.2 Å². The molecule has 2 N–H and O–H groups in total. The van der Waals surface area contributed by atoms with E-state index in [0.717, 1.165) is 21.5 Å². The van der Waals surface area contributed by atoms with Gasteiger partial charge in [-0.05, 0) is 36.9 Å². The van der Waals surface area contributed by atoms with Crippen LogP contribution < -0.4 is 10.7 Å². The van der Waals surface area contributed by atoms with Crippen LogP contribution >= 0.6 is 22.9 Å². The summed E-state index contributed by atoms with van der Waals surface area (Å²) in [6.07, 6.45) is 2.31. The lowest BCUT2D eigenvalue weighted by molar-refractivity contribution is 0.0614. The summed E-state index contributed by atoms with van der Waals surface area (Å²) in [6.45, 7) is 2.21. The lowest BCUT2D eigenvalue weighted by Crippen LogP contribution is -2.29. The number of aliphatic hydroxyl groups is 1. The minimum Gasteiger partial charge on any atom is -0.467 e. The molecule has 208 valence electrons. The summed E-state index contributed by atoms with van der Waals surface area (Å²) in [5.74, 6) is 0.0443. The van der Waals surface area contributed by atoms with Gasteiger partial charge in [-0.15, -0.1) is 11.3 Å². The Kier molecular flexibility index (Phi) is 9.95. The van der Waals surface area contributed by atoms with Gasteiger partial charge in [0, 0.05) is 55.5 Å². The van der Waals surface area contributed by atoms with Gasteiger partial charge in [0.1, 0.15) is 17.4 Å². The van der Waals surface area contributed by atoms with Gasteiger partial charge in [-0.25, -0.2) is 0 Å². The van der Waals surface area contributed by atoms with Crippen molar-refractivity contribution < 1.29 is 23.8 Å². The van der Waals surface area contributed by atoms with Crippen molar-refractivity contribution in [3.8, 4) is 0 Å². The second-order valence-electron chi connectivity index (χ2n) is 9.25. The average Bonchev–Trinajstić information content (AvgIpc) is 3.57. The third kappa shape index (κ3) is 7.16. The lowest BCUT2D eigenvalue weighted by Gasteiger charge is -2.19. The van der Waals surface area contributed by atoms with Crippen LogP contribution in [0.2, 0.25) is 5.02 Å². The lowest BCUT2D eigenvalue weighted by atomic mass is 10.1. The third-order valence-corrected chi connectivity index (χ3v) is 7.70. The predicted octanol–water partition coefficient (Wildman–Crippen LogP) is 4.10. The van der Waals surface area contributed by atoms with Gasteiger partial charge in [-0.3, -0.25) is 14.5 Å². The number of aromatic nitrogens is 1. The first-order chi connectivity index (χ1) is 18.8. The van der Waals surface area contributed by atoms with Crippen LogP contribution in [-0.4, -0.2) is 54.4 Å². The summed E-state index contributed by atoms with van der Waals surface area (Å²) in [5.41, 5.74) is 2.22. The molecule has 0 aliphatic heterocycles. The zero-order chi connectivity index (χ0) is 27.9. The normalized spacial score (nSPS) is 12.4. The number of nitrogens with one attached hydrogen (secondary N) is 1. The monoisotopic (exact) mass is 573 g/mol. The molecule has 4 aromatic rings. The first kappa shape index (κ1) is 29.0. The topological polar surface area (TPSA) is 106 Å². The SMILES string of the molecule is COCCOCc1c(CN(C)C[C@@H](O)c2ccco2)sc2c(=O)c(C(=O)NCc3ccc(Cl)cc3)cn(C)c12. The van der Waals surface area contributed by atoms with Gasteiger partial charge in [0.2, 0.25) is 5.43 Å². The first-order valence-electron chi connectivity index (χ1n) is 12.4. The number of carbonyl (C=O) groups is 1. The van der Waals surface area contributed by atoms with Crippen LogP contribution in [0, 0.1) is 0 Å². The molecule has 1 aromatic carbocycles. The fourth-order valence-corrected chi connectivity index (χ4v) is 5.78. The van der Waals surface area contributed by atoms with E-state index in [9.17, 15) is 14.7 Å². The number of halogens is 1. The minimum atomic E-state index is -0.789. The van der Waals surface area contributed by atoms with Gasteiger partial charge < -0.3 is 28.9 Å². The molecule has 1 amide bonds. The van der Waals surface area contributed by atoms with Crippen molar-refractivity contribution in [2.24, 2.45) is 7.05 Å². The van der Waals surface area contributed by atoms with E-state index in [1.807, 2.05) is 31.1 Å². The van der Waals surface area contributed by atoms with Crippen molar-refractivity contribution >= 4 is 39.1 Å². The molecule has 9 nitrogen and oxygen atoms in total. The van der Waals surface area contributed by atoms with Gasteiger partial charge in [0.05, 0.1) is 36.3 Å². The van der Waals surface area contributed by atoms with Gasteiger partial charge in [-0.2, -0.15) is 0 Å². The predicted molar refractivity (Wildman–Crippen MR) is 151 cm³/mol. The van der Waals surface area contributed by atoms with Crippen molar-refractivity contribution in [2.75, 3.05) is 33.9 Å². The summed E-state index contributed by atoms with van der Waals surface area (Å²) in [4.78, 5) is 29.4. The van der Waals surface area contributed by atoms with Crippen LogP contribution in [0.3, 0.4) is 0 Å². The molecule has 3 heterocycles. The van der Waals surface area contributed by atoms with Crippen molar-refractivity contribution in [3.05, 3.63) is 91.4 Å². The van der Waals surface area contributed by atoms with Crippen LogP contribution in [0.25, 0.3) is 10.2 Å². The number of rotatable bonds is 13. The number of aliphatic hydroxyl groups excluding tert-OH is 1. The highest BCUT2D eigenvalue weighted by Gasteiger charge is 2.23. The summed E-state index contributed by atoms with van der Waals surface area (Å²) in [6, 6.07) is 10.6.